The molecule has 0 aliphatic carbocycles. The van der Waals surface area contributed by atoms with Crippen LogP contribution in [-0.2, 0) is 9.53 Å². The molecule has 74 valence electrons. The van der Waals surface area contributed by atoms with Crippen molar-refractivity contribution in [2.75, 3.05) is 7.11 Å². The molecule has 4 heteroatoms. The molecule has 0 aromatic heterocycles. The van der Waals surface area contributed by atoms with Crippen LogP contribution in [0.15, 0.2) is 0 Å². The highest BCUT2D eigenvalue weighted by atomic mass is 16.5. The van der Waals surface area contributed by atoms with E-state index in [1.165, 1.54) is 7.11 Å². The Bertz CT molecular complexity index is 204. The number of methoxy groups -OCH3 is 1. The summed E-state index contributed by atoms with van der Waals surface area (Å²) in [6.45, 7) is 0. The number of nitrogens with one attached hydrogen (secondary N) is 2. The summed E-state index contributed by atoms with van der Waals surface area (Å²) >= 11 is 0. The summed E-state index contributed by atoms with van der Waals surface area (Å²) in [7, 11) is 1.39. The summed E-state index contributed by atoms with van der Waals surface area (Å²) in [5.41, 5.74) is 0. The summed E-state index contributed by atoms with van der Waals surface area (Å²) in [5.74, 6) is 0.346. The first-order chi connectivity index (χ1) is 6.22. The highest BCUT2D eigenvalue weighted by molar-refractivity contribution is 5.80. The Labute approximate surface area is 78.2 Å². The van der Waals surface area contributed by atoms with Gasteiger partial charge in [-0.3, -0.25) is 10.2 Å². The van der Waals surface area contributed by atoms with Crippen LogP contribution in [0.1, 0.15) is 32.1 Å². The molecular weight excluding hydrogens is 168 g/mol. The predicted octanol–water partition coefficient (Wildman–Crippen LogP) is 1.06. The van der Waals surface area contributed by atoms with Gasteiger partial charge in [0.25, 0.3) is 0 Å². The van der Waals surface area contributed by atoms with Crippen LogP contribution in [0.4, 0.5) is 0 Å². The van der Waals surface area contributed by atoms with Gasteiger partial charge in [0.05, 0.1) is 19.4 Å². The Morgan fingerprint density at radius 1 is 1.69 bits per heavy atom. The minimum Gasteiger partial charge on any atom is -0.469 e. The van der Waals surface area contributed by atoms with Crippen molar-refractivity contribution in [2.45, 2.75) is 38.1 Å². The van der Waals surface area contributed by atoms with Gasteiger partial charge < -0.3 is 10.1 Å². The quantitative estimate of drug-likeness (QED) is 0.631. The molecule has 1 heterocycles. The van der Waals surface area contributed by atoms with E-state index >= 15 is 0 Å². The molecule has 1 aliphatic rings. The second-order valence-corrected chi connectivity index (χ2v) is 3.35. The molecule has 0 amide bonds. The summed E-state index contributed by atoms with van der Waals surface area (Å²) in [6.07, 6.45) is 4.26. The van der Waals surface area contributed by atoms with E-state index in [1.54, 1.807) is 0 Å². The number of rotatable bonds is 2. The molecular formula is C9H16N2O2. The lowest BCUT2D eigenvalue weighted by molar-refractivity contribution is -0.141. The highest BCUT2D eigenvalue weighted by Crippen LogP contribution is 2.12. The Morgan fingerprint density at radius 2 is 2.46 bits per heavy atom. The van der Waals surface area contributed by atoms with Gasteiger partial charge in [0.1, 0.15) is 0 Å². The maximum atomic E-state index is 11.0. The number of carbonyl (C=O) groups excluding carboxylic acids is 1. The summed E-state index contributed by atoms with van der Waals surface area (Å²) in [6, 6.07) is 0.0995. The fourth-order valence-corrected chi connectivity index (χ4v) is 1.52. The summed E-state index contributed by atoms with van der Waals surface area (Å²) < 4.78 is 4.58. The van der Waals surface area contributed by atoms with Crippen LogP contribution in [0.3, 0.4) is 0 Å². The monoisotopic (exact) mass is 184 g/mol. The van der Waals surface area contributed by atoms with Crippen LogP contribution in [0, 0.1) is 5.41 Å². The number of esters is 1. The zero-order valence-corrected chi connectivity index (χ0v) is 7.93. The van der Waals surface area contributed by atoms with Gasteiger partial charge in [-0.05, 0) is 12.8 Å². The van der Waals surface area contributed by atoms with Crippen LogP contribution < -0.4 is 5.32 Å². The van der Waals surface area contributed by atoms with E-state index in [0.29, 0.717) is 12.3 Å². The van der Waals surface area contributed by atoms with Crippen molar-refractivity contribution in [2.24, 2.45) is 0 Å². The minimum atomic E-state index is -0.202. The molecule has 1 fully saturated rings. The molecule has 0 radical (unpaired) electrons. The van der Waals surface area contributed by atoms with Crippen LogP contribution in [0.2, 0.25) is 0 Å². The Hall–Kier alpha value is -1.06. The lowest BCUT2D eigenvalue weighted by Gasteiger charge is -2.15. The molecule has 4 nitrogen and oxygen atoms in total. The van der Waals surface area contributed by atoms with Crippen LogP contribution in [0.25, 0.3) is 0 Å². The molecule has 0 spiro atoms. The fourth-order valence-electron chi connectivity index (χ4n) is 1.52. The van der Waals surface area contributed by atoms with Crippen molar-refractivity contribution in [3.05, 3.63) is 0 Å². The van der Waals surface area contributed by atoms with Gasteiger partial charge in [-0.1, -0.05) is 6.42 Å². The molecule has 2 N–H and O–H groups in total. The van der Waals surface area contributed by atoms with E-state index in [-0.39, 0.29) is 12.0 Å². The largest absolute Gasteiger partial charge is 0.469 e. The van der Waals surface area contributed by atoms with Gasteiger partial charge in [-0.2, -0.15) is 0 Å². The first-order valence-corrected chi connectivity index (χ1v) is 4.63. The van der Waals surface area contributed by atoms with Gasteiger partial charge in [-0.25, -0.2) is 0 Å². The van der Waals surface area contributed by atoms with Crippen molar-refractivity contribution < 1.29 is 9.53 Å². The lowest BCUT2D eigenvalue weighted by atomic mass is 10.1. The first kappa shape index (κ1) is 10.0. The summed E-state index contributed by atoms with van der Waals surface area (Å²) in [4.78, 5) is 11.0. The Kier molecular flexibility index (Phi) is 3.73. The van der Waals surface area contributed by atoms with E-state index in [9.17, 15) is 4.79 Å². The lowest BCUT2D eigenvalue weighted by Crippen LogP contribution is -2.34. The third-order valence-corrected chi connectivity index (χ3v) is 2.25. The molecule has 1 unspecified atom stereocenters. The second-order valence-electron chi connectivity index (χ2n) is 3.35. The zero-order chi connectivity index (χ0) is 9.68. The molecule has 13 heavy (non-hydrogen) atoms. The van der Waals surface area contributed by atoms with E-state index in [2.05, 4.69) is 10.1 Å². The van der Waals surface area contributed by atoms with Crippen molar-refractivity contribution in [1.29, 1.82) is 5.41 Å². The standard InChI is InChI=1S/C9H16N2O2/c1-13-9(12)6-7-4-2-3-5-8(10)11-7/h7H,2-6H2,1H3,(H2,10,11). The van der Waals surface area contributed by atoms with E-state index in [1.807, 2.05) is 0 Å². The third-order valence-electron chi connectivity index (χ3n) is 2.25. The first-order valence-electron chi connectivity index (χ1n) is 4.63. The maximum absolute atomic E-state index is 11.0. The zero-order valence-electron chi connectivity index (χ0n) is 7.93. The van der Waals surface area contributed by atoms with Crippen molar-refractivity contribution >= 4 is 11.8 Å². The molecule has 0 saturated carbocycles. The summed E-state index contributed by atoms with van der Waals surface area (Å²) in [5, 5.41) is 10.5. The number of hydrogen-bond acceptors (Lipinski definition) is 3. The van der Waals surface area contributed by atoms with Gasteiger partial charge >= 0.3 is 5.97 Å². The van der Waals surface area contributed by atoms with Gasteiger partial charge in [0, 0.05) is 12.5 Å². The number of hydrogen-bond donors (Lipinski definition) is 2. The van der Waals surface area contributed by atoms with E-state index in [4.69, 9.17) is 5.41 Å². The number of amidine groups is 1. The van der Waals surface area contributed by atoms with Gasteiger partial charge in [0.15, 0.2) is 0 Å². The van der Waals surface area contributed by atoms with Crippen molar-refractivity contribution in [3.8, 4) is 0 Å². The van der Waals surface area contributed by atoms with E-state index in [0.717, 1.165) is 25.7 Å². The van der Waals surface area contributed by atoms with Crippen LogP contribution in [-0.4, -0.2) is 25.0 Å². The van der Waals surface area contributed by atoms with Crippen LogP contribution in [0.5, 0.6) is 0 Å². The molecule has 0 bridgehead atoms. The second kappa shape index (κ2) is 4.84. The third kappa shape index (κ3) is 3.44. The predicted molar refractivity (Wildman–Crippen MR) is 49.8 cm³/mol. The SMILES string of the molecule is COC(=O)CC1CCCCC(=N)N1. The minimum absolute atomic E-state index is 0.0995. The number of carbonyl (C=O) groups is 1. The van der Waals surface area contributed by atoms with Crippen LogP contribution >= 0.6 is 0 Å². The van der Waals surface area contributed by atoms with Gasteiger partial charge in [0.2, 0.25) is 0 Å². The maximum Gasteiger partial charge on any atom is 0.307 e. The smallest absolute Gasteiger partial charge is 0.307 e. The Morgan fingerprint density at radius 3 is 3.15 bits per heavy atom. The van der Waals surface area contributed by atoms with Crippen molar-refractivity contribution in [1.82, 2.24) is 5.32 Å². The Balaban J connectivity index is 2.39. The molecule has 1 atom stereocenters. The van der Waals surface area contributed by atoms with E-state index < -0.39 is 0 Å². The normalized spacial score (nSPS) is 23.2. The molecule has 1 rings (SSSR count). The molecule has 1 aliphatic heterocycles. The highest BCUT2D eigenvalue weighted by Gasteiger charge is 2.17. The average molecular weight is 184 g/mol. The molecule has 0 aromatic rings. The average Bonchev–Trinajstić information content (AvgIpc) is 2.30. The fraction of sp³-hybridized carbons (Fsp3) is 0.778. The number of ether oxygens (including phenoxy) is 1. The topological polar surface area (TPSA) is 62.2 Å². The molecule has 1 saturated heterocycles. The van der Waals surface area contributed by atoms with Crippen molar-refractivity contribution in [3.63, 3.8) is 0 Å². The van der Waals surface area contributed by atoms with Gasteiger partial charge in [-0.15, -0.1) is 0 Å². The molecule has 0 aromatic carbocycles.